The average Bonchev–Trinajstić information content (AvgIpc) is 2.78. The van der Waals surface area contributed by atoms with Gasteiger partial charge in [-0.1, -0.05) is 0 Å². The Morgan fingerprint density at radius 3 is 1.67 bits per heavy atom. The van der Waals surface area contributed by atoms with Gasteiger partial charge in [0, 0.05) is 0 Å². The van der Waals surface area contributed by atoms with Gasteiger partial charge in [-0.3, -0.25) is 0 Å². The molecule has 1 atom stereocenters. The van der Waals surface area contributed by atoms with Gasteiger partial charge < -0.3 is 9.84 Å². The lowest BCUT2D eigenvalue weighted by Gasteiger charge is -1.70. The zero-order valence-corrected chi connectivity index (χ0v) is 5.68. The zero-order valence-electron chi connectivity index (χ0n) is 5.68. The number of hydrogen-bond acceptors (Lipinski definition) is 2. The summed E-state index contributed by atoms with van der Waals surface area (Å²) in [4.78, 5) is 0. The Balaban J connectivity index is 0. The Kier molecular flexibility index (Phi) is 13.0. The number of ether oxygens (including phenoxy) is 1. The molecule has 1 saturated heterocycles. The highest BCUT2D eigenvalue weighted by Gasteiger charge is 2.19. The van der Waals surface area contributed by atoms with Crippen LogP contribution in [0.15, 0.2) is 26.3 Å². The molecule has 1 fully saturated rings. The van der Waals surface area contributed by atoms with Crippen LogP contribution in [0.2, 0.25) is 0 Å². The van der Waals surface area contributed by atoms with E-state index in [1.165, 1.54) is 0 Å². The molecule has 1 aliphatic heterocycles. The lowest BCUT2D eigenvalue weighted by atomic mass is 10.5. The summed E-state index contributed by atoms with van der Waals surface area (Å²) in [5.74, 6) is 0. The highest BCUT2D eigenvalue weighted by molar-refractivity contribution is 4.65. The highest BCUT2D eigenvalue weighted by atomic mass is 16.6. The first-order valence-electron chi connectivity index (χ1n) is 2.66. The number of aliphatic hydroxyl groups excluding tert-OH is 1. The Hall–Kier alpha value is -0.600. The Morgan fingerprint density at radius 2 is 1.67 bits per heavy atom. The van der Waals surface area contributed by atoms with Crippen LogP contribution in [0.1, 0.15) is 0 Å². The molecule has 0 saturated carbocycles. The van der Waals surface area contributed by atoms with Crippen LogP contribution < -0.4 is 0 Å². The van der Waals surface area contributed by atoms with Gasteiger partial charge >= 0.3 is 0 Å². The molecule has 1 N–H and O–H groups in total. The van der Waals surface area contributed by atoms with Crippen molar-refractivity contribution < 1.29 is 9.84 Å². The van der Waals surface area contributed by atoms with Crippen LogP contribution in [0.3, 0.4) is 0 Å². The fraction of sp³-hybridized carbons (Fsp3) is 0.429. The van der Waals surface area contributed by atoms with E-state index in [1.54, 1.807) is 0 Å². The van der Waals surface area contributed by atoms with Gasteiger partial charge in [-0.25, -0.2) is 0 Å². The summed E-state index contributed by atoms with van der Waals surface area (Å²) >= 11 is 0. The second kappa shape index (κ2) is 10.4. The second-order valence-corrected chi connectivity index (χ2v) is 1.14. The predicted octanol–water partition coefficient (Wildman–Crippen LogP) is 0.982. The maximum absolute atomic E-state index is 8.08. The standard InChI is InChI=1S/C3H6O2.2C2H4/c4-1-3-2-5-3;2*1-2/h3-4H,1-2H2;2*1-2H2. The summed E-state index contributed by atoms with van der Waals surface area (Å²) in [5, 5.41) is 8.08. The molecule has 9 heavy (non-hydrogen) atoms. The molecule has 1 heterocycles. The van der Waals surface area contributed by atoms with Crippen LogP contribution in [-0.4, -0.2) is 24.4 Å². The molecule has 1 aliphatic rings. The zero-order chi connectivity index (χ0) is 7.70. The van der Waals surface area contributed by atoms with Gasteiger partial charge in [-0.05, 0) is 0 Å². The number of hydrogen-bond donors (Lipinski definition) is 1. The molecule has 0 amide bonds. The molecule has 1 unspecified atom stereocenters. The molecule has 0 spiro atoms. The van der Waals surface area contributed by atoms with Gasteiger partial charge in [0.1, 0.15) is 6.10 Å². The summed E-state index contributed by atoms with van der Waals surface area (Å²) in [5.41, 5.74) is 0. The van der Waals surface area contributed by atoms with E-state index in [0.29, 0.717) is 0 Å². The minimum absolute atomic E-state index is 0.190. The maximum atomic E-state index is 8.08. The normalized spacial score (nSPS) is 19.9. The second-order valence-electron chi connectivity index (χ2n) is 1.14. The van der Waals surface area contributed by atoms with Crippen molar-refractivity contribution in [1.29, 1.82) is 0 Å². The quantitative estimate of drug-likeness (QED) is 0.424. The third kappa shape index (κ3) is 11.1. The molecular weight excluding hydrogens is 116 g/mol. The number of rotatable bonds is 1. The Labute approximate surface area is 56.5 Å². The van der Waals surface area contributed by atoms with Crippen molar-refractivity contribution in [3.63, 3.8) is 0 Å². The summed E-state index contributed by atoms with van der Waals surface area (Å²) in [6.45, 7) is 13.0. The van der Waals surface area contributed by atoms with E-state index in [4.69, 9.17) is 5.11 Å². The number of aliphatic hydroxyl groups is 1. The van der Waals surface area contributed by atoms with E-state index in [9.17, 15) is 0 Å². The molecule has 0 radical (unpaired) electrons. The van der Waals surface area contributed by atoms with E-state index in [2.05, 4.69) is 31.1 Å². The van der Waals surface area contributed by atoms with Crippen LogP contribution in [0.25, 0.3) is 0 Å². The Bertz CT molecular complexity index is 48.9. The van der Waals surface area contributed by atoms with Crippen LogP contribution in [0.5, 0.6) is 0 Å². The highest BCUT2D eigenvalue weighted by Crippen LogP contribution is 2.04. The van der Waals surface area contributed by atoms with E-state index >= 15 is 0 Å². The molecule has 1 rings (SSSR count). The first-order valence-corrected chi connectivity index (χ1v) is 2.66. The van der Waals surface area contributed by atoms with E-state index < -0.39 is 0 Å². The van der Waals surface area contributed by atoms with Gasteiger partial charge in [-0.15, -0.1) is 26.3 Å². The predicted molar refractivity (Wildman–Crippen MR) is 39.3 cm³/mol. The molecule has 2 nitrogen and oxygen atoms in total. The van der Waals surface area contributed by atoms with Crippen molar-refractivity contribution in [2.75, 3.05) is 13.2 Å². The summed E-state index contributed by atoms with van der Waals surface area (Å²) in [7, 11) is 0. The molecule has 0 bridgehead atoms. The number of epoxide rings is 1. The van der Waals surface area contributed by atoms with E-state index in [-0.39, 0.29) is 12.7 Å². The van der Waals surface area contributed by atoms with Crippen molar-refractivity contribution in [2.45, 2.75) is 6.10 Å². The molecule has 2 heteroatoms. The topological polar surface area (TPSA) is 32.8 Å². The van der Waals surface area contributed by atoms with E-state index in [0.717, 1.165) is 6.61 Å². The minimum atomic E-state index is 0.190. The van der Waals surface area contributed by atoms with Gasteiger partial charge in [0.15, 0.2) is 0 Å². The summed E-state index contributed by atoms with van der Waals surface area (Å²) in [6, 6.07) is 0. The van der Waals surface area contributed by atoms with Gasteiger partial charge in [-0.2, -0.15) is 0 Å². The fourth-order valence-corrected chi connectivity index (χ4v) is 0.173. The average molecular weight is 130 g/mol. The van der Waals surface area contributed by atoms with Gasteiger partial charge in [0.25, 0.3) is 0 Å². The smallest absolute Gasteiger partial charge is 0.104 e. The molecule has 0 aliphatic carbocycles. The van der Waals surface area contributed by atoms with Crippen LogP contribution >= 0.6 is 0 Å². The van der Waals surface area contributed by atoms with Crippen molar-refractivity contribution >= 4 is 0 Å². The summed E-state index contributed by atoms with van der Waals surface area (Å²) < 4.78 is 4.61. The summed E-state index contributed by atoms with van der Waals surface area (Å²) in [6.07, 6.45) is 0.190. The minimum Gasteiger partial charge on any atom is -0.394 e. The van der Waals surface area contributed by atoms with Crippen molar-refractivity contribution in [2.24, 2.45) is 0 Å². The monoisotopic (exact) mass is 130 g/mol. The first-order chi connectivity index (χ1) is 4.43. The maximum Gasteiger partial charge on any atom is 0.104 e. The molecule has 0 aromatic heterocycles. The van der Waals surface area contributed by atoms with Crippen molar-refractivity contribution in [3.05, 3.63) is 26.3 Å². The van der Waals surface area contributed by atoms with Crippen LogP contribution in [0, 0.1) is 0 Å². The third-order valence-electron chi connectivity index (χ3n) is 0.606. The molecular formula is C7H14O2. The fourth-order valence-electron chi connectivity index (χ4n) is 0.173. The van der Waals surface area contributed by atoms with Crippen molar-refractivity contribution in [3.8, 4) is 0 Å². The lowest BCUT2D eigenvalue weighted by molar-refractivity contribution is 0.244. The lowest BCUT2D eigenvalue weighted by Crippen LogP contribution is -1.88. The Morgan fingerprint density at radius 1 is 1.33 bits per heavy atom. The molecule has 54 valence electrons. The third-order valence-corrected chi connectivity index (χ3v) is 0.606. The van der Waals surface area contributed by atoms with Crippen LogP contribution in [0.4, 0.5) is 0 Å². The molecule has 0 aromatic rings. The SMILES string of the molecule is C=C.C=C.OCC1CO1. The largest absolute Gasteiger partial charge is 0.394 e. The first kappa shape index (κ1) is 11.2. The van der Waals surface area contributed by atoms with Crippen molar-refractivity contribution in [1.82, 2.24) is 0 Å². The molecule has 0 aromatic carbocycles. The van der Waals surface area contributed by atoms with Gasteiger partial charge in [0.05, 0.1) is 13.2 Å². The van der Waals surface area contributed by atoms with E-state index in [1.807, 2.05) is 0 Å². The van der Waals surface area contributed by atoms with Crippen LogP contribution in [-0.2, 0) is 4.74 Å². The van der Waals surface area contributed by atoms with Gasteiger partial charge in [0.2, 0.25) is 0 Å².